The number of rotatable bonds is 4. The molecule has 0 fully saturated rings. The molecule has 2 rings (SSSR count). The maximum absolute atomic E-state index is 12.6. The summed E-state index contributed by atoms with van der Waals surface area (Å²) in [6.45, 7) is 1.95. The van der Waals surface area contributed by atoms with Gasteiger partial charge in [0.2, 0.25) is 0 Å². The lowest BCUT2D eigenvalue weighted by Crippen LogP contribution is -2.31. The largest absolute Gasteiger partial charge is 0.416 e. The first kappa shape index (κ1) is 17.2. The summed E-state index contributed by atoms with van der Waals surface area (Å²) in [4.78, 5) is 12.0. The van der Waals surface area contributed by atoms with Crippen molar-refractivity contribution in [1.29, 1.82) is 0 Å². The molecule has 0 aromatic heterocycles. The number of hydrogen-bond donors (Lipinski definition) is 2. The zero-order valence-electron chi connectivity index (χ0n) is 12.2. The fourth-order valence-corrected chi connectivity index (χ4v) is 2.94. The summed E-state index contributed by atoms with van der Waals surface area (Å²) < 4.78 is 37.9. The van der Waals surface area contributed by atoms with Gasteiger partial charge in [-0.15, -0.1) is 0 Å². The highest BCUT2D eigenvalue weighted by atomic mass is 32.2. The molecule has 0 heterocycles. The van der Waals surface area contributed by atoms with E-state index < -0.39 is 23.1 Å². The van der Waals surface area contributed by atoms with Gasteiger partial charge in [0.15, 0.2) is 0 Å². The molecule has 0 aliphatic heterocycles. The highest BCUT2D eigenvalue weighted by Gasteiger charge is 2.30. The summed E-state index contributed by atoms with van der Waals surface area (Å²) in [5.74, 6) is 0. The third-order valence-corrected chi connectivity index (χ3v) is 4.26. The Hall–Kier alpha value is -2.15. The summed E-state index contributed by atoms with van der Waals surface area (Å²) in [5.41, 5.74) is 6.04. The average Bonchev–Trinajstić information content (AvgIpc) is 2.48. The van der Waals surface area contributed by atoms with E-state index in [1.54, 1.807) is 0 Å². The Labute approximate surface area is 136 Å². The van der Waals surface area contributed by atoms with Gasteiger partial charge in [-0.2, -0.15) is 13.2 Å². The second kappa shape index (κ2) is 6.95. The molecule has 2 amide bonds. The highest BCUT2D eigenvalue weighted by Crippen LogP contribution is 2.35. The van der Waals surface area contributed by atoms with Gasteiger partial charge in [-0.3, -0.25) is 0 Å². The minimum atomic E-state index is -4.39. The molecule has 3 nitrogen and oxygen atoms in total. The Morgan fingerprint density at radius 1 is 1.09 bits per heavy atom. The second-order valence-electron chi connectivity index (χ2n) is 4.94. The van der Waals surface area contributed by atoms with Crippen molar-refractivity contribution in [2.45, 2.75) is 23.4 Å². The van der Waals surface area contributed by atoms with E-state index in [1.165, 1.54) is 23.9 Å². The van der Waals surface area contributed by atoms with E-state index in [-0.39, 0.29) is 0 Å². The molecule has 1 atom stereocenters. The predicted molar refractivity (Wildman–Crippen MR) is 83.9 cm³/mol. The zero-order chi connectivity index (χ0) is 17.0. The first-order valence-corrected chi connectivity index (χ1v) is 7.60. The number of primary amides is 1. The van der Waals surface area contributed by atoms with Crippen molar-refractivity contribution in [3.63, 3.8) is 0 Å². The third kappa shape index (κ3) is 4.92. The van der Waals surface area contributed by atoms with Crippen LogP contribution in [-0.2, 0) is 6.18 Å². The molecule has 0 aliphatic rings. The molecule has 0 saturated carbocycles. The Bertz CT molecular complexity index is 669. The number of thioether (sulfide) groups is 1. The molecule has 7 heteroatoms. The average molecular weight is 340 g/mol. The molecule has 0 saturated heterocycles. The Morgan fingerprint density at radius 2 is 1.65 bits per heavy atom. The lowest BCUT2D eigenvalue weighted by Gasteiger charge is -2.18. The molecule has 0 bridgehead atoms. The van der Waals surface area contributed by atoms with E-state index in [0.29, 0.717) is 5.56 Å². The van der Waals surface area contributed by atoms with Crippen LogP contribution in [-0.4, -0.2) is 6.03 Å². The molecule has 3 N–H and O–H groups in total. The third-order valence-electron chi connectivity index (χ3n) is 3.09. The molecule has 122 valence electrons. The van der Waals surface area contributed by atoms with Crippen molar-refractivity contribution in [2.24, 2.45) is 5.73 Å². The number of amides is 2. The van der Waals surface area contributed by atoms with Crippen LogP contribution in [0.1, 0.15) is 22.1 Å². The Kier molecular flexibility index (Phi) is 5.20. The normalized spacial score (nSPS) is 12.7. The SMILES string of the molecule is Cc1ccc(SC(NC(N)=O)c2ccc(C(F)(F)F)cc2)cc1. The van der Waals surface area contributed by atoms with Crippen LogP contribution in [0.25, 0.3) is 0 Å². The number of urea groups is 1. The van der Waals surface area contributed by atoms with Crippen molar-refractivity contribution < 1.29 is 18.0 Å². The van der Waals surface area contributed by atoms with Crippen LogP contribution in [0.2, 0.25) is 0 Å². The number of alkyl halides is 3. The topological polar surface area (TPSA) is 55.1 Å². The van der Waals surface area contributed by atoms with E-state index in [2.05, 4.69) is 5.32 Å². The minimum Gasteiger partial charge on any atom is -0.352 e. The quantitative estimate of drug-likeness (QED) is 0.637. The number of carbonyl (C=O) groups is 1. The standard InChI is InChI=1S/C16H15F3N2OS/c1-10-2-8-13(9-3-10)23-14(21-15(20)22)11-4-6-12(7-5-11)16(17,18)19/h2-9,14H,1H3,(H3,20,21,22). The van der Waals surface area contributed by atoms with Gasteiger partial charge in [0, 0.05) is 4.90 Å². The fraction of sp³-hybridized carbons (Fsp3) is 0.188. The van der Waals surface area contributed by atoms with Crippen LogP contribution in [0.15, 0.2) is 53.4 Å². The predicted octanol–water partition coefficient (Wildman–Crippen LogP) is 4.47. The lowest BCUT2D eigenvalue weighted by molar-refractivity contribution is -0.137. The lowest BCUT2D eigenvalue weighted by atomic mass is 10.1. The first-order chi connectivity index (χ1) is 10.8. The van der Waals surface area contributed by atoms with Crippen molar-refractivity contribution in [2.75, 3.05) is 0 Å². The van der Waals surface area contributed by atoms with Crippen molar-refractivity contribution in [3.8, 4) is 0 Å². The van der Waals surface area contributed by atoms with Gasteiger partial charge in [-0.05, 0) is 36.8 Å². The maximum Gasteiger partial charge on any atom is 0.416 e. The van der Waals surface area contributed by atoms with Gasteiger partial charge in [-0.25, -0.2) is 4.79 Å². The molecule has 0 radical (unpaired) electrons. The fourth-order valence-electron chi connectivity index (χ4n) is 1.91. The van der Waals surface area contributed by atoms with Gasteiger partial charge in [0.05, 0.1) is 5.56 Å². The van der Waals surface area contributed by atoms with Crippen LogP contribution >= 0.6 is 11.8 Å². The number of nitrogens with one attached hydrogen (secondary N) is 1. The number of aryl methyl sites for hydroxylation is 1. The van der Waals surface area contributed by atoms with E-state index in [9.17, 15) is 18.0 Å². The van der Waals surface area contributed by atoms with Crippen LogP contribution in [0, 0.1) is 6.92 Å². The molecular formula is C16H15F3N2OS. The summed E-state index contributed by atoms with van der Waals surface area (Å²) in [6, 6.07) is 11.5. The second-order valence-corrected chi connectivity index (χ2v) is 6.12. The molecule has 1 unspecified atom stereocenters. The number of halogens is 3. The van der Waals surface area contributed by atoms with Gasteiger partial charge in [-0.1, -0.05) is 41.6 Å². The summed E-state index contributed by atoms with van der Waals surface area (Å²) >= 11 is 1.30. The zero-order valence-corrected chi connectivity index (χ0v) is 13.0. The van der Waals surface area contributed by atoms with Gasteiger partial charge in [0.25, 0.3) is 0 Å². The molecule has 2 aromatic rings. The van der Waals surface area contributed by atoms with Gasteiger partial charge >= 0.3 is 12.2 Å². The monoisotopic (exact) mass is 340 g/mol. The van der Waals surface area contributed by atoms with Crippen molar-refractivity contribution in [3.05, 3.63) is 65.2 Å². The van der Waals surface area contributed by atoms with Gasteiger partial charge in [0.1, 0.15) is 5.37 Å². The number of carbonyl (C=O) groups excluding carboxylic acids is 1. The van der Waals surface area contributed by atoms with E-state index in [0.717, 1.165) is 22.6 Å². The number of nitrogens with two attached hydrogens (primary N) is 1. The van der Waals surface area contributed by atoms with Crippen LogP contribution in [0.3, 0.4) is 0 Å². The van der Waals surface area contributed by atoms with Crippen molar-refractivity contribution >= 4 is 17.8 Å². The van der Waals surface area contributed by atoms with Crippen LogP contribution in [0.4, 0.5) is 18.0 Å². The first-order valence-electron chi connectivity index (χ1n) is 6.72. The maximum atomic E-state index is 12.6. The van der Waals surface area contributed by atoms with E-state index >= 15 is 0 Å². The molecule has 0 aliphatic carbocycles. The highest BCUT2D eigenvalue weighted by molar-refractivity contribution is 7.99. The number of hydrogen-bond acceptors (Lipinski definition) is 2. The summed E-state index contributed by atoms with van der Waals surface area (Å²) in [6.07, 6.45) is -4.39. The molecule has 2 aromatic carbocycles. The molecule has 23 heavy (non-hydrogen) atoms. The molecule has 0 spiro atoms. The summed E-state index contributed by atoms with van der Waals surface area (Å²) in [7, 11) is 0. The minimum absolute atomic E-state index is 0.530. The van der Waals surface area contributed by atoms with E-state index in [4.69, 9.17) is 5.73 Å². The van der Waals surface area contributed by atoms with Crippen LogP contribution < -0.4 is 11.1 Å². The Morgan fingerprint density at radius 3 is 2.13 bits per heavy atom. The van der Waals surface area contributed by atoms with E-state index in [1.807, 2.05) is 31.2 Å². The number of benzene rings is 2. The smallest absolute Gasteiger partial charge is 0.352 e. The Balaban J connectivity index is 2.24. The van der Waals surface area contributed by atoms with Crippen LogP contribution in [0.5, 0.6) is 0 Å². The molecular weight excluding hydrogens is 325 g/mol. The summed E-state index contributed by atoms with van der Waals surface area (Å²) in [5, 5.41) is 1.97. The van der Waals surface area contributed by atoms with Crippen molar-refractivity contribution in [1.82, 2.24) is 5.32 Å². The van der Waals surface area contributed by atoms with Gasteiger partial charge < -0.3 is 11.1 Å².